The zero-order valence-corrected chi connectivity index (χ0v) is 12.9. The van der Waals surface area contributed by atoms with Gasteiger partial charge in [0.2, 0.25) is 10.0 Å². The third-order valence-electron chi connectivity index (χ3n) is 3.28. The Labute approximate surface area is 131 Å². The lowest BCUT2D eigenvalue weighted by molar-refractivity contribution is -0.121. The van der Waals surface area contributed by atoms with Crippen molar-refractivity contribution < 1.29 is 27.5 Å². The van der Waals surface area contributed by atoms with E-state index in [1.54, 1.807) is 0 Å². The van der Waals surface area contributed by atoms with E-state index >= 15 is 0 Å². The van der Waals surface area contributed by atoms with E-state index in [-0.39, 0.29) is 24.3 Å². The van der Waals surface area contributed by atoms with E-state index in [9.17, 15) is 22.4 Å². The molecule has 0 aliphatic carbocycles. The van der Waals surface area contributed by atoms with Crippen LogP contribution in [-0.4, -0.2) is 49.4 Å². The van der Waals surface area contributed by atoms with Crippen molar-refractivity contribution in [3.05, 3.63) is 24.0 Å². The zero-order valence-electron chi connectivity index (χ0n) is 12.1. The number of rotatable bonds is 4. The van der Waals surface area contributed by atoms with Gasteiger partial charge in [0.1, 0.15) is 11.9 Å². The summed E-state index contributed by atoms with van der Waals surface area (Å²) >= 11 is 0. The number of carbonyl (C=O) groups excluding carboxylic acids is 1. The molecule has 1 aromatic carbocycles. The third-order valence-corrected chi connectivity index (χ3v) is 3.88. The largest absolute Gasteiger partial charge is 0.464 e. The van der Waals surface area contributed by atoms with Gasteiger partial charge in [-0.2, -0.15) is 0 Å². The minimum atomic E-state index is -3.55. The number of carboxylic acid groups (broad SMARTS) is 1. The minimum Gasteiger partial charge on any atom is -0.464 e. The summed E-state index contributed by atoms with van der Waals surface area (Å²) in [6.45, 7) is 0.0975. The van der Waals surface area contributed by atoms with Gasteiger partial charge in [-0.15, -0.1) is 0 Å². The Morgan fingerprint density at radius 2 is 2.17 bits per heavy atom. The van der Waals surface area contributed by atoms with Crippen LogP contribution in [0.4, 0.5) is 20.6 Å². The number of carbonyl (C=O) groups is 2. The van der Waals surface area contributed by atoms with Gasteiger partial charge in [-0.1, -0.05) is 0 Å². The number of hydrogen-bond acceptors (Lipinski definition) is 5. The lowest BCUT2D eigenvalue weighted by atomic mass is 10.2. The van der Waals surface area contributed by atoms with E-state index in [2.05, 4.69) is 4.72 Å². The van der Waals surface area contributed by atoms with Crippen LogP contribution in [0.3, 0.4) is 0 Å². The number of anilines is 2. The average Bonchev–Trinajstić information content (AvgIpc) is 2.78. The molecule has 1 aliphatic rings. The summed E-state index contributed by atoms with van der Waals surface area (Å²) in [4.78, 5) is 24.1. The molecule has 23 heavy (non-hydrogen) atoms. The number of hydrazine groups is 1. The predicted octanol–water partition coefficient (Wildman–Crippen LogP) is 0.156. The summed E-state index contributed by atoms with van der Waals surface area (Å²) in [5.74, 6) is 3.85. The van der Waals surface area contributed by atoms with E-state index in [0.717, 1.165) is 17.2 Å². The first-order valence-electron chi connectivity index (χ1n) is 6.45. The average molecular weight is 346 g/mol. The monoisotopic (exact) mass is 346 g/mol. The molecule has 1 heterocycles. The fourth-order valence-electron chi connectivity index (χ4n) is 2.30. The van der Waals surface area contributed by atoms with Crippen LogP contribution in [0.15, 0.2) is 18.2 Å². The quantitative estimate of drug-likeness (QED) is 0.404. The molecule has 4 N–H and O–H groups in total. The van der Waals surface area contributed by atoms with Crippen molar-refractivity contribution in [3.63, 3.8) is 0 Å². The molecular formula is C12H15FN4O5S. The standard InChI is InChI=1S/C12H15FN4O5S/c1-23(21,22)15-7-2-3-9(8(13)6-7)16-5-4-10(11(16)18)17(14)12(19)20/h2-3,6,10,15H,4-5,14H2,1H3,(H,19,20). The second-order valence-corrected chi connectivity index (χ2v) is 6.77. The van der Waals surface area contributed by atoms with E-state index < -0.39 is 33.9 Å². The normalized spacial score (nSPS) is 18.1. The lowest BCUT2D eigenvalue weighted by Crippen LogP contribution is -2.49. The van der Waals surface area contributed by atoms with Gasteiger partial charge in [-0.05, 0) is 18.6 Å². The highest BCUT2D eigenvalue weighted by atomic mass is 32.2. The fourth-order valence-corrected chi connectivity index (χ4v) is 2.85. The van der Waals surface area contributed by atoms with Crippen LogP contribution in [0.25, 0.3) is 0 Å². The number of halogens is 1. The molecule has 0 bridgehead atoms. The SMILES string of the molecule is CS(=O)(=O)Nc1ccc(N2CCC(N(N)C(=O)O)C2=O)c(F)c1. The van der Waals surface area contributed by atoms with Crippen molar-refractivity contribution >= 4 is 33.4 Å². The molecule has 11 heteroatoms. The molecule has 1 aromatic rings. The molecule has 9 nitrogen and oxygen atoms in total. The Hall–Kier alpha value is -2.40. The maximum absolute atomic E-state index is 14.1. The highest BCUT2D eigenvalue weighted by Crippen LogP contribution is 2.28. The van der Waals surface area contributed by atoms with E-state index in [1.807, 2.05) is 0 Å². The Morgan fingerprint density at radius 3 is 2.70 bits per heavy atom. The Morgan fingerprint density at radius 1 is 1.52 bits per heavy atom. The molecule has 0 radical (unpaired) electrons. The number of nitrogens with two attached hydrogens (primary N) is 1. The van der Waals surface area contributed by atoms with E-state index in [1.165, 1.54) is 12.1 Å². The van der Waals surface area contributed by atoms with Gasteiger partial charge in [-0.25, -0.2) is 28.5 Å². The molecule has 0 saturated carbocycles. The molecule has 1 atom stereocenters. The number of nitrogens with zero attached hydrogens (tertiary/aromatic N) is 2. The molecule has 126 valence electrons. The van der Waals surface area contributed by atoms with Crippen molar-refractivity contribution in [3.8, 4) is 0 Å². The molecule has 1 unspecified atom stereocenters. The first kappa shape index (κ1) is 17.0. The first-order valence-corrected chi connectivity index (χ1v) is 8.35. The number of benzene rings is 1. The summed E-state index contributed by atoms with van der Waals surface area (Å²) in [7, 11) is -3.55. The fraction of sp³-hybridized carbons (Fsp3) is 0.333. The van der Waals surface area contributed by atoms with Crippen LogP contribution in [0.2, 0.25) is 0 Å². The van der Waals surface area contributed by atoms with Gasteiger partial charge < -0.3 is 10.0 Å². The molecular weight excluding hydrogens is 331 g/mol. The predicted molar refractivity (Wildman–Crippen MR) is 79.7 cm³/mol. The van der Waals surface area contributed by atoms with E-state index in [4.69, 9.17) is 10.9 Å². The zero-order chi connectivity index (χ0) is 17.4. The third kappa shape index (κ3) is 3.68. The molecule has 2 amide bonds. The van der Waals surface area contributed by atoms with Gasteiger partial charge >= 0.3 is 6.09 Å². The molecule has 0 aromatic heterocycles. The summed E-state index contributed by atoms with van der Waals surface area (Å²) in [6, 6.07) is 2.40. The van der Waals surface area contributed by atoms with Crippen LogP contribution >= 0.6 is 0 Å². The van der Waals surface area contributed by atoms with Gasteiger partial charge in [0.25, 0.3) is 5.91 Å². The lowest BCUT2D eigenvalue weighted by Gasteiger charge is -2.21. The summed E-state index contributed by atoms with van der Waals surface area (Å²) in [5, 5.41) is 9.20. The van der Waals surface area contributed by atoms with Crippen molar-refractivity contribution in [2.24, 2.45) is 5.84 Å². The van der Waals surface area contributed by atoms with Crippen LogP contribution in [0.5, 0.6) is 0 Å². The van der Waals surface area contributed by atoms with Crippen molar-refractivity contribution in [1.82, 2.24) is 5.01 Å². The van der Waals surface area contributed by atoms with E-state index in [0.29, 0.717) is 5.01 Å². The maximum Gasteiger partial charge on any atom is 0.422 e. The Kier molecular flexibility index (Phi) is 4.43. The number of nitrogens with one attached hydrogen (secondary N) is 1. The smallest absolute Gasteiger partial charge is 0.422 e. The Balaban J connectivity index is 2.23. The summed E-state index contributed by atoms with van der Waals surface area (Å²) in [5.41, 5.74) is -0.0572. The minimum absolute atomic E-state index is 0.0166. The Bertz CT molecular complexity index is 754. The second kappa shape index (κ2) is 6.01. The van der Waals surface area contributed by atoms with Crippen molar-refractivity contribution in [1.29, 1.82) is 0 Å². The number of amides is 2. The van der Waals surface area contributed by atoms with Crippen LogP contribution in [0, 0.1) is 5.82 Å². The second-order valence-electron chi connectivity index (χ2n) is 5.02. The van der Waals surface area contributed by atoms with Gasteiger partial charge in [-0.3, -0.25) is 9.52 Å². The summed E-state index contributed by atoms with van der Waals surface area (Å²) in [6.07, 6.45) is -0.405. The molecule has 1 aliphatic heterocycles. The van der Waals surface area contributed by atoms with Crippen molar-refractivity contribution in [2.45, 2.75) is 12.5 Å². The van der Waals surface area contributed by atoms with Crippen molar-refractivity contribution in [2.75, 3.05) is 22.4 Å². The maximum atomic E-state index is 14.1. The highest BCUT2D eigenvalue weighted by Gasteiger charge is 2.38. The number of hydrogen-bond donors (Lipinski definition) is 3. The summed E-state index contributed by atoms with van der Waals surface area (Å²) < 4.78 is 38.5. The van der Waals surface area contributed by atoms with Gasteiger partial charge in [0.05, 0.1) is 17.6 Å². The molecule has 1 saturated heterocycles. The highest BCUT2D eigenvalue weighted by molar-refractivity contribution is 7.92. The molecule has 0 spiro atoms. The van der Waals surface area contributed by atoms with Crippen LogP contribution in [0.1, 0.15) is 6.42 Å². The van der Waals surface area contributed by atoms with Crippen LogP contribution < -0.4 is 15.5 Å². The topological polar surface area (TPSA) is 133 Å². The molecule has 1 fully saturated rings. The van der Waals surface area contributed by atoms with Gasteiger partial charge in [0, 0.05) is 12.6 Å². The number of sulfonamides is 1. The molecule has 2 rings (SSSR count). The first-order chi connectivity index (χ1) is 10.6. The van der Waals surface area contributed by atoms with Crippen LogP contribution in [-0.2, 0) is 14.8 Å². The van der Waals surface area contributed by atoms with Gasteiger partial charge in [0.15, 0.2) is 0 Å².